The van der Waals surface area contributed by atoms with Crippen LogP contribution in [0.25, 0.3) is 0 Å². The number of nitrogens with zero attached hydrogens (tertiary/aromatic N) is 3. The highest BCUT2D eigenvalue weighted by molar-refractivity contribution is 5.53. The second-order valence-corrected chi connectivity index (χ2v) is 9.43. The van der Waals surface area contributed by atoms with Gasteiger partial charge in [-0.15, -0.1) is 0 Å². The minimum absolute atomic E-state index is 0.0854. The van der Waals surface area contributed by atoms with Crippen LogP contribution in [-0.2, 0) is 36.2 Å². The highest BCUT2D eigenvalue weighted by Gasteiger charge is 2.43. The van der Waals surface area contributed by atoms with E-state index in [0.717, 1.165) is 93.0 Å². The second kappa shape index (κ2) is 8.38. The molecule has 2 unspecified atom stereocenters. The summed E-state index contributed by atoms with van der Waals surface area (Å²) >= 11 is 0. The molecule has 5 nitrogen and oxygen atoms in total. The van der Waals surface area contributed by atoms with Crippen LogP contribution in [0.4, 0.5) is 15.9 Å². The van der Waals surface area contributed by atoms with Crippen molar-refractivity contribution in [2.45, 2.75) is 70.5 Å². The number of hydrogen-bond donors (Lipinski definition) is 1. The first-order valence-electron chi connectivity index (χ1n) is 11.8. The summed E-state index contributed by atoms with van der Waals surface area (Å²) < 4.78 is 20.2. The zero-order valence-corrected chi connectivity index (χ0v) is 18.5. The number of hydrogen-bond acceptors (Lipinski definition) is 5. The number of rotatable bonds is 3. The first-order valence-corrected chi connectivity index (χ1v) is 11.8. The lowest BCUT2D eigenvalue weighted by Crippen LogP contribution is -2.41. The fourth-order valence-corrected chi connectivity index (χ4v) is 5.63. The van der Waals surface area contributed by atoms with E-state index in [1.807, 2.05) is 6.07 Å². The molecule has 31 heavy (non-hydrogen) atoms. The summed E-state index contributed by atoms with van der Waals surface area (Å²) in [6, 6.07) is 6.25. The minimum atomic E-state index is -0.354. The summed E-state index contributed by atoms with van der Waals surface area (Å²) in [5.41, 5.74) is 11.4. The molecule has 1 saturated heterocycles. The van der Waals surface area contributed by atoms with E-state index in [1.165, 1.54) is 11.1 Å². The summed E-state index contributed by atoms with van der Waals surface area (Å²) in [7, 11) is 0. The van der Waals surface area contributed by atoms with Gasteiger partial charge >= 0.3 is 0 Å². The van der Waals surface area contributed by atoms with Gasteiger partial charge < -0.3 is 15.4 Å². The highest BCUT2D eigenvalue weighted by atomic mass is 19.1. The van der Waals surface area contributed by atoms with Gasteiger partial charge in [0.25, 0.3) is 0 Å². The van der Waals surface area contributed by atoms with Crippen molar-refractivity contribution in [1.29, 1.82) is 0 Å². The van der Waals surface area contributed by atoms with Crippen LogP contribution in [0.5, 0.6) is 0 Å². The minimum Gasteiger partial charge on any atom is -0.399 e. The summed E-state index contributed by atoms with van der Waals surface area (Å²) in [5, 5.41) is 0. The van der Waals surface area contributed by atoms with Crippen LogP contribution >= 0.6 is 0 Å². The van der Waals surface area contributed by atoms with Gasteiger partial charge in [0, 0.05) is 43.1 Å². The first kappa shape index (κ1) is 20.7. The molecule has 1 fully saturated rings. The standard InChI is InChI=1S/C25H33FN4O/c1-2-23-28-22-13-25(10-5-7-18-8-9-19(27)12-21(18)25)31-16-20(22)24(29-23)30-11-4-3-6-17(14-26)15-30/h8-9,12,17H,2-7,10-11,13-16,27H2,1H3. The number of nitrogens with two attached hydrogens (primary N) is 1. The molecule has 3 heterocycles. The average molecular weight is 425 g/mol. The zero-order valence-electron chi connectivity index (χ0n) is 18.5. The molecule has 2 atom stereocenters. The maximum Gasteiger partial charge on any atom is 0.138 e. The van der Waals surface area contributed by atoms with Crippen LogP contribution in [0.2, 0.25) is 0 Å². The van der Waals surface area contributed by atoms with Gasteiger partial charge in [-0.1, -0.05) is 19.4 Å². The van der Waals surface area contributed by atoms with Crippen molar-refractivity contribution in [2.24, 2.45) is 5.92 Å². The SMILES string of the molecule is CCc1nc2c(c(N3CCCCC(CF)C3)n1)COC1(CCCc3ccc(N)cc31)C2. The third-order valence-corrected chi connectivity index (χ3v) is 7.32. The number of halogens is 1. The van der Waals surface area contributed by atoms with Crippen LogP contribution in [-0.4, -0.2) is 29.7 Å². The van der Waals surface area contributed by atoms with Gasteiger partial charge in [-0.05, 0) is 55.4 Å². The predicted molar refractivity (Wildman–Crippen MR) is 121 cm³/mol. The molecule has 0 saturated carbocycles. The lowest BCUT2D eigenvalue weighted by Gasteiger charge is -2.43. The van der Waals surface area contributed by atoms with Crippen LogP contribution in [0.3, 0.4) is 0 Å². The Balaban J connectivity index is 1.55. The molecule has 1 spiro atoms. The topological polar surface area (TPSA) is 64.3 Å². The average Bonchev–Trinajstić information content (AvgIpc) is 3.04. The van der Waals surface area contributed by atoms with E-state index in [2.05, 4.69) is 24.0 Å². The van der Waals surface area contributed by atoms with Crippen LogP contribution in [0, 0.1) is 5.92 Å². The van der Waals surface area contributed by atoms with E-state index < -0.39 is 0 Å². The Morgan fingerprint density at radius 2 is 2.16 bits per heavy atom. The fraction of sp³-hybridized carbons (Fsp3) is 0.600. The number of nitrogen functional groups attached to an aromatic ring is 1. The van der Waals surface area contributed by atoms with Crippen molar-refractivity contribution < 1.29 is 9.13 Å². The maximum absolute atomic E-state index is 13.6. The molecule has 1 aliphatic carbocycles. The van der Waals surface area contributed by atoms with Gasteiger partial charge in [0.2, 0.25) is 0 Å². The molecule has 0 amide bonds. The highest BCUT2D eigenvalue weighted by Crippen LogP contribution is 2.46. The summed E-state index contributed by atoms with van der Waals surface area (Å²) in [6.45, 7) is 3.99. The Labute approximate surface area is 184 Å². The Bertz CT molecular complexity index is 965. The molecule has 3 aliphatic rings. The van der Waals surface area contributed by atoms with E-state index in [-0.39, 0.29) is 18.2 Å². The monoisotopic (exact) mass is 424 g/mol. The normalized spacial score (nSPS) is 25.7. The lowest BCUT2D eigenvalue weighted by atomic mass is 9.74. The Morgan fingerprint density at radius 3 is 3.00 bits per heavy atom. The Hall–Kier alpha value is -2.21. The Morgan fingerprint density at radius 1 is 1.26 bits per heavy atom. The van der Waals surface area contributed by atoms with Crippen LogP contribution < -0.4 is 10.6 Å². The van der Waals surface area contributed by atoms with E-state index in [9.17, 15) is 4.39 Å². The number of fused-ring (bicyclic) bond motifs is 3. The molecule has 2 aliphatic heterocycles. The van der Waals surface area contributed by atoms with E-state index in [4.69, 9.17) is 20.4 Å². The van der Waals surface area contributed by atoms with E-state index in [0.29, 0.717) is 6.61 Å². The molecular formula is C25H33FN4O. The lowest BCUT2D eigenvalue weighted by molar-refractivity contribution is -0.0854. The smallest absolute Gasteiger partial charge is 0.138 e. The first-order chi connectivity index (χ1) is 15.1. The molecular weight excluding hydrogens is 391 g/mol. The largest absolute Gasteiger partial charge is 0.399 e. The number of benzene rings is 1. The van der Waals surface area contributed by atoms with Crippen molar-refractivity contribution in [3.63, 3.8) is 0 Å². The van der Waals surface area contributed by atoms with Crippen molar-refractivity contribution >= 4 is 11.5 Å². The molecule has 0 bridgehead atoms. The third-order valence-electron chi connectivity index (χ3n) is 7.32. The summed E-state index contributed by atoms with van der Waals surface area (Å²) in [4.78, 5) is 12.2. The molecule has 1 aromatic carbocycles. The molecule has 1 aromatic heterocycles. The van der Waals surface area contributed by atoms with E-state index in [1.54, 1.807) is 0 Å². The van der Waals surface area contributed by atoms with E-state index >= 15 is 0 Å². The Kier molecular flexibility index (Phi) is 5.59. The van der Waals surface area contributed by atoms with Crippen LogP contribution in [0.1, 0.15) is 67.2 Å². The molecule has 5 rings (SSSR count). The molecule has 0 radical (unpaired) electrons. The van der Waals surface area contributed by atoms with Crippen molar-refractivity contribution in [1.82, 2.24) is 9.97 Å². The zero-order chi connectivity index (χ0) is 21.4. The van der Waals surface area contributed by atoms with Crippen molar-refractivity contribution in [3.8, 4) is 0 Å². The number of anilines is 2. The third kappa shape index (κ3) is 3.79. The number of alkyl halides is 1. The number of aryl methyl sites for hydroxylation is 2. The molecule has 2 N–H and O–H groups in total. The maximum atomic E-state index is 13.6. The number of aromatic nitrogens is 2. The second-order valence-electron chi connectivity index (χ2n) is 9.43. The van der Waals surface area contributed by atoms with Crippen LogP contribution in [0.15, 0.2) is 18.2 Å². The quantitative estimate of drug-likeness (QED) is 0.735. The van der Waals surface area contributed by atoms with Crippen molar-refractivity contribution in [2.75, 3.05) is 30.4 Å². The van der Waals surface area contributed by atoms with Gasteiger partial charge in [-0.2, -0.15) is 0 Å². The molecule has 166 valence electrons. The molecule has 2 aromatic rings. The number of ether oxygens (including phenoxy) is 1. The van der Waals surface area contributed by atoms with Crippen molar-refractivity contribution in [3.05, 3.63) is 46.4 Å². The van der Waals surface area contributed by atoms with Gasteiger partial charge in [0.05, 0.1) is 24.6 Å². The molecule has 6 heteroatoms. The fourth-order valence-electron chi connectivity index (χ4n) is 5.63. The summed E-state index contributed by atoms with van der Waals surface area (Å²) in [6.07, 6.45) is 7.82. The van der Waals surface area contributed by atoms with Gasteiger partial charge in [0.1, 0.15) is 11.6 Å². The summed E-state index contributed by atoms with van der Waals surface area (Å²) in [5.74, 6) is 1.93. The predicted octanol–water partition coefficient (Wildman–Crippen LogP) is 4.50. The van der Waals surface area contributed by atoms with Gasteiger partial charge in [-0.25, -0.2) is 9.97 Å². The van der Waals surface area contributed by atoms with Gasteiger partial charge in [-0.3, -0.25) is 4.39 Å². The van der Waals surface area contributed by atoms with Gasteiger partial charge in [0.15, 0.2) is 0 Å².